The number of fused-ring (bicyclic) bond motifs is 1. The number of nitrogens with one attached hydrogen (secondary N) is 1. The number of carbonyl (C=O) groups excluding carboxylic acids is 2. The van der Waals surface area contributed by atoms with Crippen molar-refractivity contribution in [2.75, 3.05) is 26.6 Å². The highest BCUT2D eigenvalue weighted by atomic mass is 32.1. The number of hydrogen-bond donors (Lipinski definition) is 1. The van der Waals surface area contributed by atoms with Crippen LogP contribution in [-0.2, 0) is 4.79 Å². The van der Waals surface area contributed by atoms with Gasteiger partial charge in [-0.05, 0) is 41.3 Å². The Balaban J connectivity index is 1.87. The number of methoxy groups -OCH3 is 2. The monoisotopic (exact) mass is 423 g/mol. The topological polar surface area (TPSA) is 80.8 Å². The SMILES string of the molecule is COc1cc2c(cc1OC)[C@@H](C(=O)Nc1ccccn1)[C@@H](c1cccs1)N(C)C2=O. The molecule has 1 aromatic carbocycles. The Bertz CT molecular complexity index is 1070. The molecule has 154 valence electrons. The van der Waals surface area contributed by atoms with E-state index in [1.165, 1.54) is 25.6 Å². The first-order valence-corrected chi connectivity index (χ1v) is 10.2. The van der Waals surface area contributed by atoms with E-state index in [-0.39, 0.29) is 11.8 Å². The van der Waals surface area contributed by atoms with E-state index in [1.807, 2.05) is 17.5 Å². The van der Waals surface area contributed by atoms with E-state index in [4.69, 9.17) is 9.47 Å². The maximum atomic E-state index is 13.5. The predicted molar refractivity (Wildman–Crippen MR) is 114 cm³/mol. The van der Waals surface area contributed by atoms with E-state index in [2.05, 4.69) is 10.3 Å². The van der Waals surface area contributed by atoms with E-state index in [9.17, 15) is 9.59 Å². The molecule has 0 unspecified atom stereocenters. The number of aromatic nitrogens is 1. The van der Waals surface area contributed by atoms with Crippen molar-refractivity contribution in [3.8, 4) is 11.5 Å². The van der Waals surface area contributed by atoms with Crippen LogP contribution in [0, 0.1) is 0 Å². The molecule has 3 aromatic rings. The van der Waals surface area contributed by atoms with Crippen molar-refractivity contribution >= 4 is 29.0 Å². The highest BCUT2D eigenvalue weighted by Crippen LogP contribution is 2.46. The fraction of sp³-hybridized carbons (Fsp3) is 0.227. The van der Waals surface area contributed by atoms with Crippen LogP contribution in [0.3, 0.4) is 0 Å². The molecule has 2 aromatic heterocycles. The van der Waals surface area contributed by atoms with Crippen LogP contribution >= 0.6 is 11.3 Å². The molecular weight excluding hydrogens is 402 g/mol. The number of amides is 2. The summed E-state index contributed by atoms with van der Waals surface area (Å²) in [4.78, 5) is 33.4. The summed E-state index contributed by atoms with van der Waals surface area (Å²) < 4.78 is 10.8. The van der Waals surface area contributed by atoms with Gasteiger partial charge in [-0.25, -0.2) is 4.98 Å². The lowest BCUT2D eigenvalue weighted by Gasteiger charge is -2.39. The lowest BCUT2D eigenvalue weighted by molar-refractivity contribution is -0.119. The largest absolute Gasteiger partial charge is 0.493 e. The lowest BCUT2D eigenvalue weighted by Crippen LogP contribution is -2.43. The van der Waals surface area contributed by atoms with E-state index in [0.29, 0.717) is 28.4 Å². The van der Waals surface area contributed by atoms with Gasteiger partial charge in [0.05, 0.1) is 26.2 Å². The van der Waals surface area contributed by atoms with E-state index < -0.39 is 12.0 Å². The van der Waals surface area contributed by atoms with Gasteiger partial charge in [-0.2, -0.15) is 0 Å². The predicted octanol–water partition coefficient (Wildman–Crippen LogP) is 3.71. The van der Waals surface area contributed by atoms with Gasteiger partial charge in [0.1, 0.15) is 5.82 Å². The molecule has 2 atom stereocenters. The Kier molecular flexibility index (Phi) is 5.41. The summed E-state index contributed by atoms with van der Waals surface area (Å²) >= 11 is 1.51. The Labute approximate surface area is 178 Å². The summed E-state index contributed by atoms with van der Waals surface area (Å²) in [5, 5.41) is 4.83. The molecule has 1 aliphatic heterocycles. The molecule has 0 bridgehead atoms. The van der Waals surface area contributed by atoms with Crippen LogP contribution < -0.4 is 14.8 Å². The summed E-state index contributed by atoms with van der Waals surface area (Å²) in [6.07, 6.45) is 1.62. The third kappa shape index (κ3) is 3.39. The van der Waals surface area contributed by atoms with Gasteiger partial charge in [-0.1, -0.05) is 12.1 Å². The van der Waals surface area contributed by atoms with E-state index in [0.717, 1.165) is 4.88 Å². The third-order valence-corrected chi connectivity index (χ3v) is 6.15. The highest BCUT2D eigenvalue weighted by molar-refractivity contribution is 7.10. The molecule has 0 fully saturated rings. The first-order chi connectivity index (χ1) is 14.5. The molecule has 0 aliphatic carbocycles. The molecular formula is C22H21N3O4S. The summed E-state index contributed by atoms with van der Waals surface area (Å²) in [6.45, 7) is 0. The number of nitrogens with zero attached hydrogens (tertiary/aromatic N) is 2. The van der Waals surface area contributed by atoms with Gasteiger partial charge in [-0.3, -0.25) is 9.59 Å². The maximum absolute atomic E-state index is 13.5. The first kappa shape index (κ1) is 19.9. The number of carbonyl (C=O) groups is 2. The van der Waals surface area contributed by atoms with Crippen LogP contribution in [0.5, 0.6) is 11.5 Å². The van der Waals surface area contributed by atoms with Gasteiger partial charge in [0.2, 0.25) is 5.91 Å². The molecule has 4 rings (SSSR count). The van der Waals surface area contributed by atoms with Crippen molar-refractivity contribution < 1.29 is 19.1 Å². The first-order valence-electron chi connectivity index (χ1n) is 9.33. The number of likely N-dealkylation sites (N-methyl/N-ethyl adjacent to an activating group) is 1. The van der Waals surface area contributed by atoms with Crippen LogP contribution in [-0.4, -0.2) is 43.0 Å². The van der Waals surface area contributed by atoms with Crippen molar-refractivity contribution in [2.24, 2.45) is 0 Å². The Morgan fingerprint density at radius 3 is 2.53 bits per heavy atom. The zero-order chi connectivity index (χ0) is 21.3. The van der Waals surface area contributed by atoms with Gasteiger partial charge < -0.3 is 19.7 Å². The van der Waals surface area contributed by atoms with Crippen molar-refractivity contribution in [3.63, 3.8) is 0 Å². The second kappa shape index (κ2) is 8.16. The number of anilines is 1. The smallest absolute Gasteiger partial charge is 0.254 e. The number of thiophene rings is 1. The Morgan fingerprint density at radius 1 is 1.13 bits per heavy atom. The van der Waals surface area contributed by atoms with Gasteiger partial charge in [0.25, 0.3) is 5.91 Å². The number of hydrogen-bond acceptors (Lipinski definition) is 6. The fourth-order valence-corrected chi connectivity index (χ4v) is 4.69. The molecule has 8 heteroatoms. The quantitative estimate of drug-likeness (QED) is 0.677. The Hall–Kier alpha value is -3.39. The van der Waals surface area contributed by atoms with Crippen molar-refractivity contribution in [3.05, 3.63) is 70.0 Å². The summed E-state index contributed by atoms with van der Waals surface area (Å²) in [6, 6.07) is 12.1. The normalized spacial score (nSPS) is 18.0. The van der Waals surface area contributed by atoms with Crippen LogP contribution in [0.1, 0.15) is 32.8 Å². The fourth-order valence-electron chi connectivity index (χ4n) is 3.79. The van der Waals surface area contributed by atoms with Crippen LogP contribution in [0.25, 0.3) is 0 Å². The molecule has 3 heterocycles. The standard InChI is InChI=1S/C22H21N3O4S/c1-25-20(17-7-6-10-30-17)19(21(26)24-18-8-4-5-9-23-18)13-11-15(28-2)16(29-3)12-14(13)22(25)27/h4-12,19-20H,1-3H3,(H,23,24,26)/t19-,20-/m1/s1. The minimum atomic E-state index is -0.650. The molecule has 0 saturated heterocycles. The van der Waals surface area contributed by atoms with Gasteiger partial charge >= 0.3 is 0 Å². The number of pyridine rings is 1. The van der Waals surface area contributed by atoms with Crippen molar-refractivity contribution in [1.82, 2.24) is 9.88 Å². The zero-order valence-electron chi connectivity index (χ0n) is 16.8. The molecule has 7 nitrogen and oxygen atoms in total. The van der Waals surface area contributed by atoms with Crippen LogP contribution in [0.4, 0.5) is 5.82 Å². The summed E-state index contributed by atoms with van der Waals surface area (Å²) in [5.74, 6) is 0.286. The number of benzene rings is 1. The van der Waals surface area contributed by atoms with Gasteiger partial charge in [-0.15, -0.1) is 11.3 Å². The molecule has 1 N–H and O–H groups in total. The average molecular weight is 423 g/mol. The Morgan fingerprint density at radius 2 is 1.90 bits per heavy atom. The van der Waals surface area contributed by atoms with Crippen molar-refractivity contribution in [1.29, 1.82) is 0 Å². The molecule has 0 saturated carbocycles. The van der Waals surface area contributed by atoms with Gasteiger partial charge in [0, 0.05) is 23.7 Å². The molecule has 1 aliphatic rings. The molecule has 30 heavy (non-hydrogen) atoms. The molecule has 0 spiro atoms. The van der Waals surface area contributed by atoms with Gasteiger partial charge in [0.15, 0.2) is 11.5 Å². The summed E-state index contributed by atoms with van der Waals surface area (Å²) in [5.41, 5.74) is 1.02. The zero-order valence-corrected chi connectivity index (χ0v) is 17.6. The molecule has 2 amide bonds. The summed E-state index contributed by atoms with van der Waals surface area (Å²) in [7, 11) is 4.76. The number of ether oxygens (including phenoxy) is 2. The minimum Gasteiger partial charge on any atom is -0.493 e. The second-order valence-electron chi connectivity index (χ2n) is 6.85. The van der Waals surface area contributed by atoms with E-state index in [1.54, 1.807) is 48.5 Å². The van der Waals surface area contributed by atoms with Crippen LogP contribution in [0.2, 0.25) is 0 Å². The lowest BCUT2D eigenvalue weighted by atomic mass is 9.81. The second-order valence-corrected chi connectivity index (χ2v) is 7.83. The molecule has 0 radical (unpaired) electrons. The van der Waals surface area contributed by atoms with E-state index >= 15 is 0 Å². The van der Waals surface area contributed by atoms with Crippen molar-refractivity contribution in [2.45, 2.75) is 12.0 Å². The highest BCUT2D eigenvalue weighted by Gasteiger charge is 2.44. The number of rotatable bonds is 5. The minimum absolute atomic E-state index is 0.175. The van der Waals surface area contributed by atoms with Crippen LogP contribution in [0.15, 0.2) is 54.0 Å². The maximum Gasteiger partial charge on any atom is 0.254 e. The average Bonchev–Trinajstić information content (AvgIpc) is 3.30. The third-order valence-electron chi connectivity index (χ3n) is 5.21.